The van der Waals surface area contributed by atoms with Crippen LogP contribution in [0.5, 0.6) is 11.5 Å². The van der Waals surface area contributed by atoms with Crippen LogP contribution in [0.25, 0.3) is 0 Å². The third-order valence-electron chi connectivity index (χ3n) is 2.51. The van der Waals surface area contributed by atoms with E-state index in [2.05, 4.69) is 0 Å². The SMILES string of the molecule is Cc1ccc(F)cc1Oc1ccccc1CO. The molecule has 1 N–H and O–H groups in total. The average Bonchev–Trinajstić information content (AvgIpc) is 2.34. The van der Waals surface area contributed by atoms with Gasteiger partial charge in [-0.3, -0.25) is 0 Å². The fraction of sp³-hybridized carbons (Fsp3) is 0.143. The maximum absolute atomic E-state index is 13.1. The third kappa shape index (κ3) is 2.63. The molecule has 0 fully saturated rings. The van der Waals surface area contributed by atoms with E-state index in [1.165, 1.54) is 12.1 Å². The highest BCUT2D eigenvalue weighted by atomic mass is 19.1. The van der Waals surface area contributed by atoms with Gasteiger partial charge in [0, 0.05) is 11.6 Å². The highest BCUT2D eigenvalue weighted by Gasteiger charge is 2.06. The second-order valence-electron chi connectivity index (χ2n) is 3.78. The van der Waals surface area contributed by atoms with E-state index in [0.29, 0.717) is 17.1 Å². The lowest BCUT2D eigenvalue weighted by Crippen LogP contribution is -1.93. The molecule has 0 radical (unpaired) electrons. The van der Waals surface area contributed by atoms with Crippen LogP contribution in [0.4, 0.5) is 4.39 Å². The number of halogens is 1. The lowest BCUT2D eigenvalue weighted by Gasteiger charge is -2.11. The molecule has 0 aliphatic rings. The maximum Gasteiger partial charge on any atom is 0.133 e. The van der Waals surface area contributed by atoms with Gasteiger partial charge >= 0.3 is 0 Å². The van der Waals surface area contributed by atoms with E-state index < -0.39 is 0 Å². The summed E-state index contributed by atoms with van der Waals surface area (Å²) in [4.78, 5) is 0. The zero-order valence-electron chi connectivity index (χ0n) is 9.48. The molecule has 17 heavy (non-hydrogen) atoms. The zero-order chi connectivity index (χ0) is 12.3. The molecule has 3 heteroatoms. The molecule has 0 aliphatic heterocycles. The fourth-order valence-electron chi connectivity index (χ4n) is 1.54. The van der Waals surface area contributed by atoms with Crippen molar-refractivity contribution in [3.8, 4) is 11.5 Å². The van der Waals surface area contributed by atoms with E-state index in [0.717, 1.165) is 5.56 Å². The summed E-state index contributed by atoms with van der Waals surface area (Å²) in [5.41, 5.74) is 1.52. The molecular formula is C14H13FO2. The van der Waals surface area contributed by atoms with Crippen molar-refractivity contribution < 1.29 is 14.2 Å². The fourth-order valence-corrected chi connectivity index (χ4v) is 1.54. The molecule has 2 aromatic carbocycles. The topological polar surface area (TPSA) is 29.5 Å². The second kappa shape index (κ2) is 4.97. The Morgan fingerprint density at radius 1 is 1.12 bits per heavy atom. The van der Waals surface area contributed by atoms with Gasteiger partial charge in [0.05, 0.1) is 6.61 Å². The molecule has 0 saturated heterocycles. The molecule has 0 saturated carbocycles. The number of aliphatic hydroxyl groups excluding tert-OH is 1. The van der Waals surface area contributed by atoms with Crippen LogP contribution in [0.1, 0.15) is 11.1 Å². The highest BCUT2D eigenvalue weighted by molar-refractivity contribution is 5.40. The van der Waals surface area contributed by atoms with Crippen LogP contribution < -0.4 is 4.74 Å². The predicted molar refractivity (Wildman–Crippen MR) is 63.6 cm³/mol. The second-order valence-corrected chi connectivity index (χ2v) is 3.78. The zero-order valence-corrected chi connectivity index (χ0v) is 9.48. The van der Waals surface area contributed by atoms with Gasteiger partial charge in [0.25, 0.3) is 0 Å². The summed E-state index contributed by atoms with van der Waals surface area (Å²) >= 11 is 0. The summed E-state index contributed by atoms with van der Waals surface area (Å²) < 4.78 is 18.7. The summed E-state index contributed by atoms with van der Waals surface area (Å²) in [5, 5.41) is 9.17. The average molecular weight is 232 g/mol. The van der Waals surface area contributed by atoms with Crippen LogP contribution in [-0.4, -0.2) is 5.11 Å². The molecule has 0 aromatic heterocycles. The molecular weight excluding hydrogens is 219 g/mol. The van der Waals surface area contributed by atoms with Crippen molar-refractivity contribution in [1.82, 2.24) is 0 Å². The third-order valence-corrected chi connectivity index (χ3v) is 2.51. The molecule has 0 bridgehead atoms. The Hall–Kier alpha value is -1.87. The van der Waals surface area contributed by atoms with Gasteiger partial charge in [0.2, 0.25) is 0 Å². The van der Waals surface area contributed by atoms with Gasteiger partial charge in [-0.15, -0.1) is 0 Å². The Morgan fingerprint density at radius 3 is 2.65 bits per heavy atom. The van der Waals surface area contributed by atoms with E-state index in [1.54, 1.807) is 18.2 Å². The Bertz CT molecular complexity index is 523. The summed E-state index contributed by atoms with van der Waals surface area (Å²) in [7, 11) is 0. The van der Waals surface area contributed by atoms with Crippen molar-refractivity contribution in [1.29, 1.82) is 0 Å². The number of para-hydroxylation sites is 1. The molecule has 0 atom stereocenters. The standard InChI is InChI=1S/C14H13FO2/c1-10-6-7-12(15)8-14(10)17-13-5-3-2-4-11(13)9-16/h2-8,16H,9H2,1H3. The first kappa shape index (κ1) is 11.6. The Kier molecular flexibility index (Phi) is 3.40. The van der Waals surface area contributed by atoms with Crippen molar-refractivity contribution in [2.24, 2.45) is 0 Å². The number of hydrogen-bond acceptors (Lipinski definition) is 2. The monoisotopic (exact) mass is 232 g/mol. The van der Waals surface area contributed by atoms with Crippen LogP contribution in [0.2, 0.25) is 0 Å². The minimum absolute atomic E-state index is 0.107. The van der Waals surface area contributed by atoms with E-state index in [1.807, 2.05) is 19.1 Å². The number of benzene rings is 2. The predicted octanol–water partition coefficient (Wildman–Crippen LogP) is 3.42. The first-order chi connectivity index (χ1) is 8.20. The maximum atomic E-state index is 13.1. The van der Waals surface area contributed by atoms with E-state index in [9.17, 15) is 4.39 Å². The number of aliphatic hydroxyl groups is 1. The minimum atomic E-state index is -0.341. The first-order valence-corrected chi connectivity index (χ1v) is 5.33. The Balaban J connectivity index is 2.34. The summed E-state index contributed by atoms with van der Waals surface area (Å²) in [5.74, 6) is 0.668. The molecule has 2 aromatic rings. The Morgan fingerprint density at radius 2 is 1.88 bits per heavy atom. The van der Waals surface area contributed by atoms with E-state index in [-0.39, 0.29) is 12.4 Å². The molecule has 2 nitrogen and oxygen atoms in total. The molecule has 0 heterocycles. The number of aryl methyl sites for hydroxylation is 1. The van der Waals surface area contributed by atoms with Gasteiger partial charge in [-0.2, -0.15) is 0 Å². The van der Waals surface area contributed by atoms with Crippen LogP contribution in [0, 0.1) is 12.7 Å². The molecule has 0 unspecified atom stereocenters. The number of hydrogen-bond donors (Lipinski definition) is 1. The summed E-state index contributed by atoms with van der Waals surface area (Å²) in [6, 6.07) is 11.5. The van der Waals surface area contributed by atoms with Gasteiger partial charge in [-0.1, -0.05) is 24.3 Å². The largest absolute Gasteiger partial charge is 0.457 e. The van der Waals surface area contributed by atoms with Crippen molar-refractivity contribution in [2.75, 3.05) is 0 Å². The van der Waals surface area contributed by atoms with Gasteiger partial charge in [-0.05, 0) is 24.6 Å². The van der Waals surface area contributed by atoms with Crippen molar-refractivity contribution >= 4 is 0 Å². The lowest BCUT2D eigenvalue weighted by atomic mass is 10.2. The van der Waals surface area contributed by atoms with Gasteiger partial charge in [0.15, 0.2) is 0 Å². The lowest BCUT2D eigenvalue weighted by molar-refractivity contribution is 0.276. The van der Waals surface area contributed by atoms with Gasteiger partial charge in [0.1, 0.15) is 17.3 Å². The molecule has 2 rings (SSSR count). The van der Waals surface area contributed by atoms with E-state index in [4.69, 9.17) is 9.84 Å². The van der Waals surface area contributed by atoms with Crippen molar-refractivity contribution in [3.05, 3.63) is 59.4 Å². The van der Waals surface area contributed by atoms with Crippen LogP contribution in [0.15, 0.2) is 42.5 Å². The number of rotatable bonds is 3. The molecule has 0 aliphatic carbocycles. The summed E-state index contributed by atoms with van der Waals surface area (Å²) in [6.07, 6.45) is 0. The van der Waals surface area contributed by atoms with Crippen molar-refractivity contribution in [2.45, 2.75) is 13.5 Å². The van der Waals surface area contributed by atoms with Crippen LogP contribution in [-0.2, 0) is 6.61 Å². The van der Waals surface area contributed by atoms with Crippen molar-refractivity contribution in [3.63, 3.8) is 0 Å². The van der Waals surface area contributed by atoms with Gasteiger partial charge in [-0.25, -0.2) is 4.39 Å². The molecule has 0 amide bonds. The number of ether oxygens (including phenoxy) is 1. The first-order valence-electron chi connectivity index (χ1n) is 5.33. The summed E-state index contributed by atoms with van der Waals surface area (Å²) in [6.45, 7) is 1.74. The minimum Gasteiger partial charge on any atom is -0.457 e. The smallest absolute Gasteiger partial charge is 0.133 e. The van der Waals surface area contributed by atoms with Crippen LogP contribution >= 0.6 is 0 Å². The quantitative estimate of drug-likeness (QED) is 0.878. The Labute approximate surface area is 99.3 Å². The highest BCUT2D eigenvalue weighted by Crippen LogP contribution is 2.28. The van der Waals surface area contributed by atoms with E-state index >= 15 is 0 Å². The molecule has 0 spiro atoms. The molecule has 88 valence electrons. The normalized spacial score (nSPS) is 10.3. The van der Waals surface area contributed by atoms with Crippen LogP contribution in [0.3, 0.4) is 0 Å². The van der Waals surface area contributed by atoms with Gasteiger partial charge < -0.3 is 9.84 Å².